The normalized spacial score (nSPS) is 11.0. The van der Waals surface area contributed by atoms with Crippen LogP contribution in [0.25, 0.3) is 0 Å². The Hall–Kier alpha value is -2.33. The SMILES string of the molecule is COc1ccc(N(C(=O)Cc2ccc(OC)c(Br)c2)S(C)(=O)=O)c(OC)n1. The van der Waals surface area contributed by atoms with Gasteiger partial charge in [0.05, 0.1) is 38.5 Å². The summed E-state index contributed by atoms with van der Waals surface area (Å²) in [6.07, 6.45) is 0.795. The fraction of sp³-hybridized carbons (Fsp3) is 0.294. The summed E-state index contributed by atoms with van der Waals surface area (Å²) in [6, 6.07) is 7.93. The number of hydrogen-bond donors (Lipinski definition) is 0. The third-order valence-electron chi connectivity index (χ3n) is 3.57. The van der Waals surface area contributed by atoms with Crippen molar-refractivity contribution in [2.24, 2.45) is 0 Å². The summed E-state index contributed by atoms with van der Waals surface area (Å²) >= 11 is 3.35. The molecule has 146 valence electrons. The van der Waals surface area contributed by atoms with E-state index in [-0.39, 0.29) is 23.9 Å². The molecule has 1 heterocycles. The van der Waals surface area contributed by atoms with Gasteiger partial charge in [-0.1, -0.05) is 6.07 Å². The number of ether oxygens (including phenoxy) is 3. The highest BCUT2D eigenvalue weighted by Gasteiger charge is 2.29. The van der Waals surface area contributed by atoms with Crippen LogP contribution in [0.2, 0.25) is 0 Å². The van der Waals surface area contributed by atoms with Crippen molar-refractivity contribution in [3.05, 3.63) is 40.4 Å². The number of hydrogen-bond acceptors (Lipinski definition) is 7. The Morgan fingerprint density at radius 3 is 2.33 bits per heavy atom. The number of carbonyl (C=O) groups excluding carboxylic acids is 1. The zero-order valence-electron chi connectivity index (χ0n) is 15.2. The van der Waals surface area contributed by atoms with E-state index in [1.54, 1.807) is 18.2 Å². The molecule has 1 aromatic carbocycles. The molecule has 10 heteroatoms. The van der Waals surface area contributed by atoms with Crippen LogP contribution in [-0.4, -0.2) is 46.9 Å². The molecule has 0 aliphatic rings. The number of anilines is 1. The second-order valence-electron chi connectivity index (χ2n) is 5.45. The maximum Gasteiger partial charge on any atom is 0.245 e. The summed E-state index contributed by atoms with van der Waals surface area (Å²) in [6.45, 7) is 0. The second kappa shape index (κ2) is 8.57. The number of aromatic nitrogens is 1. The molecule has 27 heavy (non-hydrogen) atoms. The van der Waals surface area contributed by atoms with Gasteiger partial charge in [-0.3, -0.25) is 4.79 Å². The van der Waals surface area contributed by atoms with E-state index in [9.17, 15) is 13.2 Å². The van der Waals surface area contributed by atoms with Gasteiger partial charge in [0, 0.05) is 6.07 Å². The topological polar surface area (TPSA) is 95.0 Å². The summed E-state index contributed by atoms with van der Waals surface area (Å²) in [5, 5.41) is 0. The minimum Gasteiger partial charge on any atom is -0.496 e. The number of carbonyl (C=O) groups is 1. The number of benzene rings is 1. The van der Waals surface area contributed by atoms with E-state index in [4.69, 9.17) is 14.2 Å². The van der Waals surface area contributed by atoms with E-state index in [0.717, 1.165) is 6.26 Å². The molecule has 8 nitrogen and oxygen atoms in total. The van der Waals surface area contributed by atoms with Crippen LogP contribution in [0.1, 0.15) is 5.56 Å². The smallest absolute Gasteiger partial charge is 0.245 e. The molecule has 2 aromatic rings. The van der Waals surface area contributed by atoms with Crippen molar-refractivity contribution in [1.29, 1.82) is 0 Å². The zero-order chi connectivity index (χ0) is 20.2. The van der Waals surface area contributed by atoms with E-state index >= 15 is 0 Å². The fourth-order valence-electron chi connectivity index (χ4n) is 2.40. The lowest BCUT2D eigenvalue weighted by molar-refractivity contribution is -0.116. The summed E-state index contributed by atoms with van der Waals surface area (Å²) in [4.78, 5) is 16.9. The lowest BCUT2D eigenvalue weighted by Crippen LogP contribution is -2.37. The Bertz CT molecular complexity index is 948. The highest BCUT2D eigenvalue weighted by atomic mass is 79.9. The quantitative estimate of drug-likeness (QED) is 0.628. The van der Waals surface area contributed by atoms with Gasteiger partial charge < -0.3 is 14.2 Å². The average Bonchev–Trinajstić information content (AvgIpc) is 2.61. The monoisotopic (exact) mass is 458 g/mol. The van der Waals surface area contributed by atoms with Crippen molar-refractivity contribution >= 4 is 37.5 Å². The average molecular weight is 459 g/mol. The zero-order valence-corrected chi connectivity index (χ0v) is 17.6. The third kappa shape index (κ3) is 4.89. The van der Waals surface area contributed by atoms with Gasteiger partial charge in [-0.25, -0.2) is 12.7 Å². The maximum absolute atomic E-state index is 12.8. The fourth-order valence-corrected chi connectivity index (χ4v) is 3.92. The van der Waals surface area contributed by atoms with Gasteiger partial charge >= 0.3 is 0 Å². The Morgan fingerprint density at radius 1 is 1.11 bits per heavy atom. The molecule has 1 amide bonds. The number of rotatable bonds is 7. The van der Waals surface area contributed by atoms with Crippen LogP contribution in [0.3, 0.4) is 0 Å². The van der Waals surface area contributed by atoms with Crippen LogP contribution in [0.4, 0.5) is 5.69 Å². The van der Waals surface area contributed by atoms with E-state index in [2.05, 4.69) is 20.9 Å². The summed E-state index contributed by atoms with van der Waals surface area (Å²) < 4.78 is 41.3. The Labute approximate surface area is 166 Å². The van der Waals surface area contributed by atoms with Crippen molar-refractivity contribution in [2.75, 3.05) is 31.9 Å². The van der Waals surface area contributed by atoms with Gasteiger partial charge in [-0.05, 0) is 39.7 Å². The molecule has 0 saturated carbocycles. The lowest BCUT2D eigenvalue weighted by atomic mass is 10.1. The highest BCUT2D eigenvalue weighted by Crippen LogP contribution is 2.31. The first-order valence-electron chi connectivity index (χ1n) is 7.65. The lowest BCUT2D eigenvalue weighted by Gasteiger charge is -2.22. The molecular formula is C17H19BrN2O6S. The first-order valence-corrected chi connectivity index (χ1v) is 10.3. The summed E-state index contributed by atoms with van der Waals surface area (Å²) in [5.41, 5.74) is 0.625. The first-order chi connectivity index (χ1) is 12.7. The number of methoxy groups -OCH3 is 3. The van der Waals surface area contributed by atoms with Crippen LogP contribution < -0.4 is 18.5 Å². The molecule has 0 radical (unpaired) electrons. The Morgan fingerprint density at radius 2 is 1.81 bits per heavy atom. The Kier molecular flexibility index (Phi) is 6.66. The Balaban J connectivity index is 2.43. The molecular weight excluding hydrogens is 440 g/mol. The largest absolute Gasteiger partial charge is 0.496 e. The van der Waals surface area contributed by atoms with Crippen molar-refractivity contribution in [3.8, 4) is 17.5 Å². The highest BCUT2D eigenvalue weighted by molar-refractivity contribution is 9.10. The molecule has 0 bridgehead atoms. The van der Waals surface area contributed by atoms with Crippen LogP contribution in [0.5, 0.6) is 17.5 Å². The van der Waals surface area contributed by atoms with Crippen LogP contribution in [0, 0.1) is 0 Å². The maximum atomic E-state index is 12.8. The van der Waals surface area contributed by atoms with E-state index in [1.165, 1.54) is 33.5 Å². The van der Waals surface area contributed by atoms with Gasteiger partial charge in [0.15, 0.2) is 0 Å². The van der Waals surface area contributed by atoms with Crippen molar-refractivity contribution in [1.82, 2.24) is 4.98 Å². The van der Waals surface area contributed by atoms with E-state index in [0.29, 0.717) is 20.1 Å². The van der Waals surface area contributed by atoms with Crippen molar-refractivity contribution in [2.45, 2.75) is 6.42 Å². The molecule has 2 rings (SSSR count). The molecule has 0 N–H and O–H groups in total. The molecule has 1 aromatic heterocycles. The standard InChI is InChI=1S/C17H19BrN2O6S/c1-24-14-7-5-11(9-12(14)18)10-16(21)20(27(4,22)23)13-6-8-15(25-2)19-17(13)26-3/h5-9H,10H2,1-4H3. The van der Waals surface area contributed by atoms with Gasteiger partial charge in [-0.15, -0.1) is 0 Å². The van der Waals surface area contributed by atoms with E-state index in [1.807, 2.05) is 0 Å². The van der Waals surface area contributed by atoms with Crippen LogP contribution >= 0.6 is 15.9 Å². The first kappa shape index (κ1) is 21.0. The number of nitrogens with zero attached hydrogens (tertiary/aromatic N) is 2. The number of sulfonamides is 1. The molecule has 0 aliphatic carbocycles. The minimum absolute atomic E-state index is 0.0124. The van der Waals surface area contributed by atoms with Crippen molar-refractivity contribution < 1.29 is 27.4 Å². The molecule has 0 fully saturated rings. The predicted molar refractivity (Wildman–Crippen MR) is 104 cm³/mol. The molecule has 0 unspecified atom stereocenters. The van der Waals surface area contributed by atoms with Crippen LogP contribution in [0.15, 0.2) is 34.8 Å². The number of amides is 1. The molecule has 0 aliphatic heterocycles. The third-order valence-corrected chi connectivity index (χ3v) is 5.25. The van der Waals surface area contributed by atoms with Gasteiger partial charge in [0.25, 0.3) is 0 Å². The van der Waals surface area contributed by atoms with Crippen molar-refractivity contribution in [3.63, 3.8) is 0 Å². The van der Waals surface area contributed by atoms with Gasteiger partial charge in [0.2, 0.25) is 27.7 Å². The number of pyridine rings is 1. The van der Waals surface area contributed by atoms with Crippen LogP contribution in [-0.2, 0) is 21.2 Å². The second-order valence-corrected chi connectivity index (χ2v) is 8.13. The molecule has 0 spiro atoms. The minimum atomic E-state index is -3.93. The molecule has 0 atom stereocenters. The molecule has 0 saturated heterocycles. The summed E-state index contributed by atoms with van der Waals surface area (Å²) in [7, 11) is 0.350. The summed E-state index contributed by atoms with van der Waals surface area (Å²) in [5.74, 6) is 0.145. The predicted octanol–water partition coefficient (Wildman–Crippen LogP) is 2.41. The van der Waals surface area contributed by atoms with E-state index < -0.39 is 15.9 Å². The van der Waals surface area contributed by atoms with Gasteiger partial charge in [-0.2, -0.15) is 4.98 Å². The van der Waals surface area contributed by atoms with Gasteiger partial charge in [0.1, 0.15) is 11.4 Å². The number of halogens is 1.